The lowest BCUT2D eigenvalue weighted by Crippen LogP contribution is -2.54. The summed E-state index contributed by atoms with van der Waals surface area (Å²) in [6.07, 6.45) is 4.67. The maximum Gasteiger partial charge on any atom is 0.248 e. The van der Waals surface area contributed by atoms with Gasteiger partial charge in [0.05, 0.1) is 5.60 Å². The van der Waals surface area contributed by atoms with Gasteiger partial charge in [0.2, 0.25) is 11.8 Å². The van der Waals surface area contributed by atoms with Gasteiger partial charge in [0.25, 0.3) is 0 Å². The monoisotopic (exact) mass is 498 g/mol. The third-order valence-corrected chi connectivity index (χ3v) is 8.07. The number of aliphatic hydroxyl groups is 1. The molecule has 1 saturated carbocycles. The van der Waals surface area contributed by atoms with Gasteiger partial charge in [-0.25, -0.2) is 13.8 Å². The van der Waals surface area contributed by atoms with Gasteiger partial charge in [-0.2, -0.15) is 0 Å². The minimum Gasteiger partial charge on any atom is -0.388 e. The van der Waals surface area contributed by atoms with Crippen LogP contribution in [0.15, 0.2) is 47.6 Å². The summed E-state index contributed by atoms with van der Waals surface area (Å²) in [5, 5.41) is 12.4. The molecule has 1 amide bonds. The molecular weight excluding hydrogens is 462 g/mol. The summed E-state index contributed by atoms with van der Waals surface area (Å²) in [5.41, 5.74) is 0.859. The molecule has 2 aliphatic heterocycles. The Morgan fingerprint density at radius 1 is 1.14 bits per heavy atom. The van der Waals surface area contributed by atoms with Crippen molar-refractivity contribution >= 4 is 12.1 Å². The maximum absolute atomic E-state index is 14.3. The van der Waals surface area contributed by atoms with Crippen molar-refractivity contribution in [1.29, 1.82) is 0 Å². The van der Waals surface area contributed by atoms with Gasteiger partial charge < -0.3 is 19.5 Å². The van der Waals surface area contributed by atoms with Gasteiger partial charge in [0.1, 0.15) is 12.2 Å². The van der Waals surface area contributed by atoms with E-state index in [-0.39, 0.29) is 25.2 Å². The Balaban J connectivity index is 1.23. The van der Waals surface area contributed by atoms with Crippen LogP contribution in [0.2, 0.25) is 0 Å². The van der Waals surface area contributed by atoms with Crippen molar-refractivity contribution in [3.05, 3.63) is 58.9 Å². The van der Waals surface area contributed by atoms with Crippen LogP contribution in [0.4, 0.5) is 8.78 Å². The second kappa shape index (κ2) is 9.61. The summed E-state index contributed by atoms with van der Waals surface area (Å²) < 4.78 is 30.7. The molecule has 2 fully saturated rings. The fourth-order valence-corrected chi connectivity index (χ4v) is 6.03. The van der Waals surface area contributed by atoms with Gasteiger partial charge in [-0.3, -0.25) is 4.79 Å². The van der Waals surface area contributed by atoms with E-state index in [9.17, 15) is 18.7 Å². The van der Waals surface area contributed by atoms with Crippen LogP contribution in [0.3, 0.4) is 0 Å². The number of rotatable bonds is 5. The lowest BCUT2D eigenvalue weighted by molar-refractivity contribution is -0.145. The Morgan fingerprint density at radius 3 is 2.56 bits per heavy atom. The molecule has 2 atom stereocenters. The first kappa shape index (κ1) is 24.9. The molecule has 1 N–H and O–H groups in total. The van der Waals surface area contributed by atoms with E-state index < -0.39 is 23.4 Å². The van der Waals surface area contributed by atoms with E-state index in [4.69, 9.17) is 4.99 Å². The Labute approximate surface area is 210 Å². The lowest BCUT2D eigenvalue weighted by Gasteiger charge is -2.43. The standard InChI is InChI=1S/C28H36F2N4O2/c1-20(2)34-13-9-22-17-32(19-31-25(22)34)18-27(36)11-14-33(15-12-27)26(35)23-8-10-28(29,30)16-24(23)21-6-4-3-5-7-21/h3-7,9,13,17,20,23-24,36H,8,10-12,14-16,18-19H2,1-2H3/t23-,24+/m1/s1. The summed E-state index contributed by atoms with van der Waals surface area (Å²) in [5.74, 6) is -3.73. The Bertz CT molecular complexity index is 1200. The van der Waals surface area contributed by atoms with Crippen LogP contribution in [0.25, 0.3) is 6.20 Å². The number of hydrogen-bond acceptors (Lipinski definition) is 4. The van der Waals surface area contributed by atoms with Crippen molar-refractivity contribution in [2.24, 2.45) is 10.9 Å². The molecule has 0 spiro atoms. The van der Waals surface area contributed by atoms with Gasteiger partial charge in [0.15, 0.2) is 0 Å². The highest BCUT2D eigenvalue weighted by Crippen LogP contribution is 2.46. The molecule has 3 aliphatic rings. The second-order valence-electron chi connectivity index (χ2n) is 11.0. The predicted molar refractivity (Wildman–Crippen MR) is 134 cm³/mol. The van der Waals surface area contributed by atoms with Crippen molar-refractivity contribution < 1.29 is 18.7 Å². The molecule has 1 aliphatic carbocycles. The van der Waals surface area contributed by atoms with Crippen molar-refractivity contribution in [3.8, 4) is 0 Å². The second-order valence-corrected chi connectivity index (χ2v) is 11.0. The largest absolute Gasteiger partial charge is 0.388 e. The first-order chi connectivity index (χ1) is 17.1. The lowest BCUT2D eigenvalue weighted by atomic mass is 9.73. The summed E-state index contributed by atoms with van der Waals surface area (Å²) >= 11 is 0. The number of nitrogens with zero attached hydrogens (tertiary/aromatic N) is 4. The number of carbonyl (C=O) groups is 1. The number of piperidine rings is 1. The van der Waals surface area contributed by atoms with Gasteiger partial charge >= 0.3 is 0 Å². The summed E-state index contributed by atoms with van der Waals surface area (Å²) in [6.45, 7) is 6.06. The van der Waals surface area contributed by atoms with Crippen LogP contribution in [-0.4, -0.2) is 63.2 Å². The van der Waals surface area contributed by atoms with Crippen molar-refractivity contribution in [3.63, 3.8) is 0 Å². The topological polar surface area (TPSA) is 61.1 Å². The van der Waals surface area contributed by atoms with E-state index in [1.165, 1.54) is 0 Å². The highest BCUT2D eigenvalue weighted by atomic mass is 19.3. The Morgan fingerprint density at radius 2 is 1.86 bits per heavy atom. The average molecular weight is 499 g/mol. The molecule has 0 unspecified atom stereocenters. The molecule has 1 saturated heterocycles. The van der Waals surface area contributed by atoms with Crippen LogP contribution >= 0.6 is 0 Å². The van der Waals surface area contributed by atoms with Gasteiger partial charge in [-0.05, 0) is 44.7 Å². The smallest absolute Gasteiger partial charge is 0.248 e. The number of hydrogen-bond donors (Lipinski definition) is 1. The third kappa shape index (κ3) is 5.05. The number of fused-ring (bicyclic) bond motifs is 1. The normalized spacial score (nSPS) is 25.2. The summed E-state index contributed by atoms with van der Waals surface area (Å²) in [6, 6.07) is 11.6. The van der Waals surface area contributed by atoms with Crippen LogP contribution in [-0.2, 0) is 4.79 Å². The van der Waals surface area contributed by atoms with E-state index in [0.29, 0.717) is 45.2 Å². The van der Waals surface area contributed by atoms with E-state index >= 15 is 0 Å². The molecule has 1 aromatic carbocycles. The molecule has 194 valence electrons. The zero-order valence-corrected chi connectivity index (χ0v) is 21.1. The van der Waals surface area contributed by atoms with Crippen LogP contribution < -0.4 is 10.7 Å². The minimum absolute atomic E-state index is 0.0550. The van der Waals surface area contributed by atoms with Gasteiger partial charge in [-0.15, -0.1) is 0 Å². The number of β-amino-alcohol motifs (C(OH)–C–C–N with tert-alkyl or cyclic N) is 1. The molecule has 6 nitrogen and oxygen atoms in total. The minimum atomic E-state index is -2.74. The molecule has 36 heavy (non-hydrogen) atoms. The third-order valence-electron chi connectivity index (χ3n) is 8.07. The van der Waals surface area contributed by atoms with Crippen LogP contribution in [0.1, 0.15) is 63.5 Å². The molecular formula is C28H36F2N4O2. The predicted octanol–water partition coefficient (Wildman–Crippen LogP) is 3.27. The number of amides is 1. The maximum atomic E-state index is 14.3. The number of benzene rings is 1. The highest BCUT2D eigenvalue weighted by molar-refractivity contribution is 5.80. The number of likely N-dealkylation sites (tertiary alicyclic amines) is 1. The molecule has 0 radical (unpaired) electrons. The van der Waals surface area contributed by atoms with E-state index in [1.807, 2.05) is 47.5 Å². The molecule has 1 aromatic heterocycles. The van der Waals surface area contributed by atoms with Crippen LogP contribution in [0, 0.1) is 5.92 Å². The number of alkyl halides is 2. The van der Waals surface area contributed by atoms with E-state index in [1.54, 1.807) is 4.90 Å². The zero-order valence-electron chi connectivity index (χ0n) is 21.1. The molecule has 0 bridgehead atoms. The zero-order chi connectivity index (χ0) is 25.5. The number of aromatic nitrogens is 1. The first-order valence-electron chi connectivity index (χ1n) is 13.1. The van der Waals surface area contributed by atoms with Crippen molar-refractivity contribution in [2.45, 2.75) is 69.4 Å². The molecule has 3 heterocycles. The first-order valence-corrected chi connectivity index (χ1v) is 13.1. The molecule has 2 aromatic rings. The number of carbonyl (C=O) groups excluding carboxylic acids is 1. The fourth-order valence-electron chi connectivity index (χ4n) is 6.03. The van der Waals surface area contributed by atoms with Crippen molar-refractivity contribution in [2.75, 3.05) is 26.3 Å². The van der Waals surface area contributed by atoms with E-state index in [0.717, 1.165) is 16.3 Å². The Kier molecular flexibility index (Phi) is 6.66. The van der Waals surface area contributed by atoms with E-state index in [2.05, 4.69) is 24.6 Å². The molecule has 8 heteroatoms. The highest BCUT2D eigenvalue weighted by Gasteiger charge is 2.46. The van der Waals surface area contributed by atoms with Crippen molar-refractivity contribution in [1.82, 2.24) is 14.4 Å². The Hall–Kier alpha value is -2.74. The van der Waals surface area contributed by atoms with Crippen LogP contribution in [0.5, 0.6) is 0 Å². The number of halogens is 2. The SMILES string of the molecule is CC(C)n1ccc2c1=NCN(CC1(O)CCN(C(=O)[C@@H]3CCC(F)(F)C[C@H]3c3ccccc3)CC1)C=2. The summed E-state index contributed by atoms with van der Waals surface area (Å²) in [7, 11) is 0. The van der Waals surface area contributed by atoms with Gasteiger partial charge in [-0.1, -0.05) is 30.3 Å². The average Bonchev–Trinajstić information content (AvgIpc) is 3.27. The summed E-state index contributed by atoms with van der Waals surface area (Å²) in [4.78, 5) is 22.1. The quantitative estimate of drug-likeness (QED) is 0.689. The van der Waals surface area contributed by atoms with Gasteiger partial charge in [0, 0.05) is 68.0 Å². The fraction of sp³-hybridized carbons (Fsp3) is 0.571. The molecule has 5 rings (SSSR count).